The number of aromatic nitrogens is 2. The second-order valence-corrected chi connectivity index (χ2v) is 6.24. The van der Waals surface area contributed by atoms with E-state index in [0.29, 0.717) is 11.3 Å². The zero-order chi connectivity index (χ0) is 18.0. The van der Waals surface area contributed by atoms with Gasteiger partial charge in [0.25, 0.3) is 11.6 Å². The van der Waals surface area contributed by atoms with Crippen LogP contribution in [0.2, 0.25) is 0 Å². The van der Waals surface area contributed by atoms with Crippen molar-refractivity contribution in [2.24, 2.45) is 0 Å². The average Bonchev–Trinajstić information content (AvgIpc) is 3.04. The number of rotatable bonds is 5. The zero-order valence-electron chi connectivity index (χ0n) is 14.7. The summed E-state index contributed by atoms with van der Waals surface area (Å²) in [6.45, 7) is 5.96. The molecule has 130 valence electrons. The van der Waals surface area contributed by atoms with Crippen LogP contribution in [0.4, 0.5) is 0 Å². The molecular formula is C19H21N3O3. The molecule has 3 rings (SSSR count). The second kappa shape index (κ2) is 6.93. The Morgan fingerprint density at radius 3 is 2.72 bits per heavy atom. The van der Waals surface area contributed by atoms with E-state index >= 15 is 0 Å². The Morgan fingerprint density at radius 2 is 2.00 bits per heavy atom. The normalized spacial score (nSPS) is 12.4. The van der Waals surface area contributed by atoms with Crippen LogP contribution in [-0.2, 0) is 0 Å². The van der Waals surface area contributed by atoms with Crippen molar-refractivity contribution < 1.29 is 14.1 Å². The van der Waals surface area contributed by atoms with E-state index in [0.717, 1.165) is 22.4 Å². The summed E-state index contributed by atoms with van der Waals surface area (Å²) in [6, 6.07) is 9.19. The molecule has 1 N–H and O–H groups in total. The molecule has 0 fully saturated rings. The van der Waals surface area contributed by atoms with E-state index in [1.807, 2.05) is 45.0 Å². The number of ether oxygens (including phenoxy) is 1. The van der Waals surface area contributed by atoms with Crippen LogP contribution in [0.25, 0.3) is 11.1 Å². The van der Waals surface area contributed by atoms with Crippen molar-refractivity contribution in [1.82, 2.24) is 15.5 Å². The van der Waals surface area contributed by atoms with Gasteiger partial charge in [-0.25, -0.2) is 4.98 Å². The number of amides is 1. The van der Waals surface area contributed by atoms with Crippen molar-refractivity contribution in [3.63, 3.8) is 0 Å². The Balaban J connectivity index is 1.85. The molecule has 0 aliphatic heterocycles. The number of methoxy groups -OCH3 is 1. The Bertz CT molecular complexity index is 902. The molecule has 1 unspecified atom stereocenters. The lowest BCUT2D eigenvalue weighted by Gasteiger charge is -2.17. The molecule has 0 radical (unpaired) electrons. The first-order chi connectivity index (χ1) is 12.0. The fourth-order valence-electron chi connectivity index (χ4n) is 2.77. The van der Waals surface area contributed by atoms with Crippen LogP contribution in [0, 0.1) is 0 Å². The maximum Gasteiger partial charge on any atom is 0.257 e. The molecule has 6 nitrogen and oxygen atoms in total. The third-order valence-electron chi connectivity index (χ3n) is 4.12. The first kappa shape index (κ1) is 17.0. The monoisotopic (exact) mass is 339 g/mol. The largest absolute Gasteiger partial charge is 0.496 e. The molecule has 0 bridgehead atoms. The highest BCUT2D eigenvalue weighted by Gasteiger charge is 2.18. The number of nitrogens with one attached hydrogen (secondary N) is 1. The number of carbonyl (C=O) groups excluding carboxylic acids is 1. The van der Waals surface area contributed by atoms with Crippen LogP contribution < -0.4 is 10.1 Å². The number of nitrogens with zero attached hydrogens (tertiary/aromatic N) is 2. The topological polar surface area (TPSA) is 77.2 Å². The molecule has 1 amide bonds. The molecule has 2 heterocycles. The van der Waals surface area contributed by atoms with Gasteiger partial charge in [-0.2, -0.15) is 0 Å². The van der Waals surface area contributed by atoms with E-state index in [1.165, 1.54) is 6.20 Å². The number of hydrogen-bond acceptors (Lipinski definition) is 5. The van der Waals surface area contributed by atoms with E-state index in [-0.39, 0.29) is 17.9 Å². The molecule has 3 aromatic rings. The van der Waals surface area contributed by atoms with Crippen molar-refractivity contribution in [3.05, 3.63) is 53.3 Å². The Morgan fingerprint density at radius 1 is 1.24 bits per heavy atom. The summed E-state index contributed by atoms with van der Waals surface area (Å²) < 4.78 is 10.6. The van der Waals surface area contributed by atoms with Gasteiger partial charge in [-0.3, -0.25) is 4.79 Å². The standard InChI is InChI=1S/C19H21N3O3/c1-11(2)17-15-9-13(10-20-19(15)25-22-17)18(23)21-12(3)14-7-5-6-8-16(14)24-4/h5-12H,1-4H3,(H,21,23). The van der Waals surface area contributed by atoms with E-state index in [4.69, 9.17) is 9.26 Å². The van der Waals surface area contributed by atoms with Crippen molar-refractivity contribution in [3.8, 4) is 5.75 Å². The Hall–Kier alpha value is -2.89. The van der Waals surface area contributed by atoms with Gasteiger partial charge in [0, 0.05) is 11.8 Å². The highest BCUT2D eigenvalue weighted by Crippen LogP contribution is 2.26. The molecule has 0 aliphatic carbocycles. The van der Waals surface area contributed by atoms with Crippen LogP contribution in [0.5, 0.6) is 5.75 Å². The molecule has 1 atom stereocenters. The SMILES string of the molecule is COc1ccccc1C(C)NC(=O)c1cnc2onc(C(C)C)c2c1. The lowest BCUT2D eigenvalue weighted by Crippen LogP contribution is -2.27. The van der Waals surface area contributed by atoms with Crippen molar-refractivity contribution >= 4 is 17.0 Å². The van der Waals surface area contributed by atoms with Crippen LogP contribution >= 0.6 is 0 Å². The molecule has 0 saturated carbocycles. The molecule has 2 aromatic heterocycles. The van der Waals surface area contributed by atoms with Crippen LogP contribution in [0.3, 0.4) is 0 Å². The molecule has 0 aliphatic rings. The van der Waals surface area contributed by atoms with Crippen molar-refractivity contribution in [1.29, 1.82) is 0 Å². The molecule has 0 saturated heterocycles. The molecule has 0 spiro atoms. The first-order valence-electron chi connectivity index (χ1n) is 8.20. The van der Waals surface area contributed by atoms with Gasteiger partial charge in [-0.05, 0) is 25.0 Å². The van der Waals surface area contributed by atoms with Crippen LogP contribution in [-0.4, -0.2) is 23.2 Å². The van der Waals surface area contributed by atoms with Gasteiger partial charge in [0.1, 0.15) is 5.75 Å². The smallest absolute Gasteiger partial charge is 0.257 e. The van der Waals surface area contributed by atoms with Gasteiger partial charge in [0.2, 0.25) is 0 Å². The summed E-state index contributed by atoms with van der Waals surface area (Å²) in [5.74, 6) is 0.725. The number of hydrogen-bond donors (Lipinski definition) is 1. The maximum absolute atomic E-state index is 12.6. The van der Waals surface area contributed by atoms with Crippen molar-refractivity contribution in [2.75, 3.05) is 7.11 Å². The molecule has 6 heteroatoms. The highest BCUT2D eigenvalue weighted by atomic mass is 16.5. The Labute approximate surface area is 146 Å². The van der Waals surface area contributed by atoms with Gasteiger partial charge >= 0.3 is 0 Å². The lowest BCUT2D eigenvalue weighted by molar-refractivity contribution is 0.0939. The second-order valence-electron chi connectivity index (χ2n) is 6.24. The summed E-state index contributed by atoms with van der Waals surface area (Å²) in [4.78, 5) is 16.8. The third kappa shape index (κ3) is 3.33. The summed E-state index contributed by atoms with van der Waals surface area (Å²) in [5, 5.41) is 7.79. The minimum absolute atomic E-state index is 0.189. The minimum Gasteiger partial charge on any atom is -0.496 e. The predicted molar refractivity (Wildman–Crippen MR) is 94.8 cm³/mol. The number of pyridine rings is 1. The van der Waals surface area contributed by atoms with Crippen LogP contribution in [0.15, 0.2) is 41.1 Å². The molecule has 25 heavy (non-hydrogen) atoms. The number of fused-ring (bicyclic) bond motifs is 1. The third-order valence-corrected chi connectivity index (χ3v) is 4.12. The van der Waals surface area contributed by atoms with Crippen LogP contribution in [0.1, 0.15) is 54.3 Å². The summed E-state index contributed by atoms with van der Waals surface area (Å²) in [6.07, 6.45) is 1.50. The number of benzene rings is 1. The number of para-hydroxylation sites is 1. The summed E-state index contributed by atoms with van der Waals surface area (Å²) >= 11 is 0. The van der Waals surface area contributed by atoms with E-state index in [9.17, 15) is 4.79 Å². The van der Waals surface area contributed by atoms with E-state index in [2.05, 4.69) is 15.5 Å². The fourth-order valence-corrected chi connectivity index (χ4v) is 2.77. The Kier molecular flexibility index (Phi) is 4.70. The fraction of sp³-hybridized carbons (Fsp3) is 0.316. The zero-order valence-corrected chi connectivity index (χ0v) is 14.7. The van der Waals surface area contributed by atoms with E-state index < -0.39 is 0 Å². The summed E-state index contributed by atoms with van der Waals surface area (Å²) in [7, 11) is 1.62. The van der Waals surface area contributed by atoms with Gasteiger partial charge in [-0.15, -0.1) is 0 Å². The van der Waals surface area contributed by atoms with Gasteiger partial charge in [0.05, 0.1) is 29.8 Å². The van der Waals surface area contributed by atoms with Gasteiger partial charge in [-0.1, -0.05) is 37.2 Å². The first-order valence-corrected chi connectivity index (χ1v) is 8.20. The predicted octanol–water partition coefficient (Wildman–Crippen LogP) is 3.85. The van der Waals surface area contributed by atoms with Crippen molar-refractivity contribution in [2.45, 2.75) is 32.7 Å². The number of carbonyl (C=O) groups is 1. The maximum atomic E-state index is 12.6. The summed E-state index contributed by atoms with van der Waals surface area (Å²) in [5.41, 5.74) is 2.63. The average molecular weight is 339 g/mol. The quantitative estimate of drug-likeness (QED) is 0.764. The van der Waals surface area contributed by atoms with E-state index in [1.54, 1.807) is 13.2 Å². The molecular weight excluding hydrogens is 318 g/mol. The minimum atomic E-state index is -0.205. The molecule has 1 aromatic carbocycles. The van der Waals surface area contributed by atoms with Gasteiger partial charge in [0.15, 0.2) is 0 Å². The van der Waals surface area contributed by atoms with Gasteiger partial charge < -0.3 is 14.6 Å². The highest BCUT2D eigenvalue weighted by molar-refractivity contribution is 5.97. The lowest BCUT2D eigenvalue weighted by atomic mass is 10.1.